The predicted molar refractivity (Wildman–Crippen MR) is 97.9 cm³/mol. The van der Waals surface area contributed by atoms with Crippen LogP contribution in [0.3, 0.4) is 0 Å². The van der Waals surface area contributed by atoms with E-state index in [1.54, 1.807) is 0 Å². The average molecular weight is 379 g/mol. The number of phenolic OH excluding ortho intramolecular Hbond substituents is 1. The molecule has 4 nitrogen and oxygen atoms in total. The van der Waals surface area contributed by atoms with E-state index in [-0.39, 0.29) is 16.9 Å². The van der Waals surface area contributed by atoms with Crippen molar-refractivity contribution in [2.75, 3.05) is 0 Å². The smallest absolute Gasteiger partial charge is 0.421 e. The van der Waals surface area contributed by atoms with Crippen LogP contribution < -0.4 is 5.56 Å². The van der Waals surface area contributed by atoms with Gasteiger partial charge in [-0.15, -0.1) is 0 Å². The number of phenols is 1. The number of halogens is 3. The lowest BCUT2D eigenvalue weighted by atomic mass is 9.92. The van der Waals surface area contributed by atoms with Gasteiger partial charge in [-0.05, 0) is 49.2 Å². The van der Waals surface area contributed by atoms with Gasteiger partial charge in [0.2, 0.25) is 0 Å². The molecule has 3 aromatic rings. The van der Waals surface area contributed by atoms with Gasteiger partial charge in [-0.1, -0.05) is 19.4 Å². The molecule has 144 valence electrons. The highest BCUT2D eigenvalue weighted by molar-refractivity contribution is 6.06. The molecule has 0 aliphatic carbocycles. The zero-order chi connectivity index (χ0) is 20.0. The van der Waals surface area contributed by atoms with E-state index in [9.17, 15) is 28.2 Å². The minimum Gasteiger partial charge on any atom is -0.508 e. The van der Waals surface area contributed by atoms with Crippen molar-refractivity contribution in [3.8, 4) is 5.75 Å². The standard InChI is InChI=1S/C20H20F3NO3/c1-3-4-9-24-17-8-5-12(19(2,27)20(21,22)23)10-16(17)15-11-13(25)6-7-14(15)18(24)26/h5-8,10-11,25,27H,3-4,9H2,1-2H3. The first kappa shape index (κ1) is 19.2. The lowest BCUT2D eigenvalue weighted by Crippen LogP contribution is -2.39. The van der Waals surface area contributed by atoms with Crippen molar-refractivity contribution in [1.82, 2.24) is 4.57 Å². The monoisotopic (exact) mass is 379 g/mol. The summed E-state index contributed by atoms with van der Waals surface area (Å²) in [7, 11) is 0. The van der Waals surface area contributed by atoms with Crippen molar-refractivity contribution in [3.63, 3.8) is 0 Å². The Bertz CT molecular complexity index is 1070. The topological polar surface area (TPSA) is 62.5 Å². The van der Waals surface area contributed by atoms with Gasteiger partial charge in [-0.2, -0.15) is 13.2 Å². The Balaban J connectivity index is 2.41. The molecule has 0 radical (unpaired) electrons. The molecule has 2 aromatic carbocycles. The quantitative estimate of drug-likeness (QED) is 0.659. The van der Waals surface area contributed by atoms with Gasteiger partial charge in [0.05, 0.1) is 5.52 Å². The molecule has 0 amide bonds. The Morgan fingerprint density at radius 2 is 1.74 bits per heavy atom. The van der Waals surface area contributed by atoms with Crippen LogP contribution >= 0.6 is 0 Å². The van der Waals surface area contributed by atoms with Gasteiger partial charge in [0.15, 0.2) is 5.60 Å². The molecule has 27 heavy (non-hydrogen) atoms. The van der Waals surface area contributed by atoms with Crippen molar-refractivity contribution in [1.29, 1.82) is 0 Å². The first-order valence-electron chi connectivity index (χ1n) is 8.66. The Labute approximate surface area is 153 Å². The zero-order valence-electron chi connectivity index (χ0n) is 15.0. The van der Waals surface area contributed by atoms with E-state index in [0.29, 0.717) is 35.1 Å². The third-order valence-corrected chi connectivity index (χ3v) is 4.91. The molecule has 1 aromatic heterocycles. The molecule has 2 N–H and O–H groups in total. The van der Waals surface area contributed by atoms with Gasteiger partial charge in [0, 0.05) is 22.7 Å². The number of aromatic hydroxyl groups is 1. The molecular formula is C20H20F3NO3. The van der Waals surface area contributed by atoms with Crippen LogP contribution in [0.1, 0.15) is 32.3 Å². The van der Waals surface area contributed by atoms with Crippen LogP contribution in [0, 0.1) is 0 Å². The molecule has 0 saturated heterocycles. The third-order valence-electron chi connectivity index (χ3n) is 4.91. The normalized spacial score (nSPS) is 14.6. The van der Waals surface area contributed by atoms with E-state index in [1.165, 1.54) is 41.0 Å². The number of hydrogen-bond acceptors (Lipinski definition) is 3. The van der Waals surface area contributed by atoms with Gasteiger partial charge in [0.25, 0.3) is 5.56 Å². The molecular weight excluding hydrogens is 359 g/mol. The van der Waals surface area contributed by atoms with Crippen molar-refractivity contribution >= 4 is 21.7 Å². The minimum absolute atomic E-state index is 0.0949. The van der Waals surface area contributed by atoms with Crippen LogP contribution in [0.15, 0.2) is 41.2 Å². The molecule has 0 spiro atoms. The zero-order valence-corrected chi connectivity index (χ0v) is 15.0. The summed E-state index contributed by atoms with van der Waals surface area (Å²) in [5, 5.41) is 20.9. The number of aliphatic hydroxyl groups is 1. The lowest BCUT2D eigenvalue weighted by molar-refractivity contribution is -0.258. The Morgan fingerprint density at radius 1 is 1.04 bits per heavy atom. The summed E-state index contributed by atoms with van der Waals surface area (Å²) in [5.41, 5.74) is -3.16. The van der Waals surface area contributed by atoms with E-state index >= 15 is 0 Å². The van der Waals surface area contributed by atoms with E-state index in [4.69, 9.17) is 0 Å². The van der Waals surface area contributed by atoms with Crippen molar-refractivity contribution < 1.29 is 23.4 Å². The average Bonchev–Trinajstić information content (AvgIpc) is 2.60. The van der Waals surface area contributed by atoms with Crippen LogP contribution in [0.25, 0.3) is 21.7 Å². The van der Waals surface area contributed by atoms with Gasteiger partial charge >= 0.3 is 6.18 Å². The first-order chi connectivity index (χ1) is 12.6. The van der Waals surface area contributed by atoms with Gasteiger partial charge < -0.3 is 14.8 Å². The van der Waals surface area contributed by atoms with Crippen molar-refractivity contribution in [3.05, 3.63) is 52.3 Å². The highest BCUT2D eigenvalue weighted by Gasteiger charge is 2.51. The van der Waals surface area contributed by atoms with Crippen LogP contribution in [0.2, 0.25) is 0 Å². The fourth-order valence-electron chi connectivity index (χ4n) is 3.19. The van der Waals surface area contributed by atoms with Crippen LogP contribution in [0.5, 0.6) is 5.75 Å². The molecule has 1 unspecified atom stereocenters. The van der Waals surface area contributed by atoms with E-state index in [1.807, 2.05) is 6.92 Å². The molecule has 1 heterocycles. The van der Waals surface area contributed by atoms with Gasteiger partial charge in [-0.3, -0.25) is 4.79 Å². The molecule has 3 rings (SSSR count). The Morgan fingerprint density at radius 3 is 2.37 bits per heavy atom. The number of hydrogen-bond donors (Lipinski definition) is 2. The van der Waals surface area contributed by atoms with Gasteiger partial charge in [-0.25, -0.2) is 0 Å². The number of rotatable bonds is 4. The number of pyridine rings is 1. The van der Waals surface area contributed by atoms with E-state index < -0.39 is 11.8 Å². The number of alkyl halides is 3. The summed E-state index contributed by atoms with van der Waals surface area (Å²) in [4.78, 5) is 12.9. The number of nitrogens with zero attached hydrogens (tertiary/aromatic N) is 1. The summed E-state index contributed by atoms with van der Waals surface area (Å²) in [6, 6.07) is 8.04. The minimum atomic E-state index is -4.85. The number of aryl methyl sites for hydroxylation is 1. The van der Waals surface area contributed by atoms with E-state index in [0.717, 1.165) is 12.8 Å². The number of aromatic nitrogens is 1. The first-order valence-corrected chi connectivity index (χ1v) is 8.66. The highest BCUT2D eigenvalue weighted by atomic mass is 19.4. The second kappa shape index (κ2) is 6.56. The number of fused-ring (bicyclic) bond motifs is 3. The summed E-state index contributed by atoms with van der Waals surface area (Å²) < 4.78 is 41.3. The van der Waals surface area contributed by atoms with Crippen molar-refractivity contribution in [2.45, 2.75) is 45.0 Å². The SMILES string of the molecule is CCCCn1c(=O)c2ccc(O)cc2c2cc(C(C)(O)C(F)(F)F)ccc21. The van der Waals surface area contributed by atoms with Crippen molar-refractivity contribution in [2.24, 2.45) is 0 Å². The molecule has 0 aliphatic heterocycles. The third kappa shape index (κ3) is 3.16. The molecule has 1 atom stereocenters. The van der Waals surface area contributed by atoms with Crippen LogP contribution in [-0.4, -0.2) is 21.0 Å². The lowest BCUT2D eigenvalue weighted by Gasteiger charge is -2.27. The second-order valence-electron chi connectivity index (χ2n) is 6.84. The molecule has 0 bridgehead atoms. The van der Waals surface area contributed by atoms with Crippen LogP contribution in [-0.2, 0) is 12.1 Å². The largest absolute Gasteiger partial charge is 0.508 e. The highest BCUT2D eigenvalue weighted by Crippen LogP contribution is 2.40. The Hall–Kier alpha value is -2.54. The molecule has 0 saturated carbocycles. The van der Waals surface area contributed by atoms with Crippen LogP contribution in [0.4, 0.5) is 13.2 Å². The van der Waals surface area contributed by atoms with Gasteiger partial charge in [0.1, 0.15) is 5.75 Å². The predicted octanol–water partition coefficient (Wildman–Crippen LogP) is 4.43. The summed E-state index contributed by atoms with van der Waals surface area (Å²) in [5.74, 6) is -0.0949. The maximum absolute atomic E-state index is 13.3. The number of unbranched alkanes of at least 4 members (excludes halogenated alkanes) is 1. The van der Waals surface area contributed by atoms with E-state index in [2.05, 4.69) is 0 Å². The fraction of sp³-hybridized carbons (Fsp3) is 0.350. The molecule has 0 fully saturated rings. The fourth-order valence-corrected chi connectivity index (χ4v) is 3.19. The summed E-state index contributed by atoms with van der Waals surface area (Å²) >= 11 is 0. The molecule has 7 heteroatoms. The maximum atomic E-state index is 13.3. The second-order valence-corrected chi connectivity index (χ2v) is 6.84. The maximum Gasteiger partial charge on any atom is 0.421 e. The summed E-state index contributed by atoms with van der Waals surface area (Å²) in [6.07, 6.45) is -3.27. The number of benzene rings is 2. The molecule has 0 aliphatic rings. The summed E-state index contributed by atoms with van der Waals surface area (Å²) in [6.45, 7) is 3.10. The Kier molecular flexibility index (Phi) is 4.67.